The second-order valence-corrected chi connectivity index (χ2v) is 10.7. The fourth-order valence-electron chi connectivity index (χ4n) is 4.64. The third kappa shape index (κ3) is 6.45. The standard InChI is InChI=1S/C32H26ClFN2O6S/c1-3-40-26(37)18-42-24-15-12-22(33)16-21(24)17-25-30(38)36-29(20-10-13-23(34)14-11-20)27(31(39)41-4-2)28(35-32(36)43-25)19-8-6-5-7-9-19/h5-17,29H,3-4,18H2,1-2H3/b25-17-/t29-/m0/s1. The number of carbonyl (C=O) groups excluding carboxylic acids is 2. The van der Waals surface area contributed by atoms with E-state index in [4.69, 9.17) is 30.8 Å². The minimum absolute atomic E-state index is 0.105. The van der Waals surface area contributed by atoms with E-state index in [2.05, 4.69) is 0 Å². The molecule has 0 fully saturated rings. The first-order valence-electron chi connectivity index (χ1n) is 13.4. The van der Waals surface area contributed by atoms with Crippen molar-refractivity contribution in [1.82, 2.24) is 4.57 Å². The Bertz CT molecular complexity index is 1880. The van der Waals surface area contributed by atoms with Crippen LogP contribution in [0.15, 0.2) is 88.2 Å². The number of esters is 2. The first-order chi connectivity index (χ1) is 20.8. The molecule has 1 atom stereocenters. The molecule has 11 heteroatoms. The molecule has 0 spiro atoms. The molecule has 4 aromatic rings. The summed E-state index contributed by atoms with van der Waals surface area (Å²) in [7, 11) is 0. The molecule has 220 valence electrons. The van der Waals surface area contributed by atoms with E-state index >= 15 is 0 Å². The van der Waals surface area contributed by atoms with E-state index in [1.165, 1.54) is 28.8 Å². The van der Waals surface area contributed by atoms with Crippen molar-refractivity contribution in [3.63, 3.8) is 0 Å². The topological polar surface area (TPSA) is 96.2 Å². The molecule has 1 aliphatic heterocycles. The smallest absolute Gasteiger partial charge is 0.344 e. The van der Waals surface area contributed by atoms with Gasteiger partial charge in [0.15, 0.2) is 11.4 Å². The van der Waals surface area contributed by atoms with Gasteiger partial charge in [0.1, 0.15) is 11.6 Å². The van der Waals surface area contributed by atoms with E-state index in [1.54, 1.807) is 38.1 Å². The molecular weight excluding hydrogens is 595 g/mol. The predicted octanol–water partition coefficient (Wildman–Crippen LogP) is 4.67. The molecular formula is C32H26ClFN2O6S. The minimum Gasteiger partial charge on any atom is -0.481 e. The van der Waals surface area contributed by atoms with Gasteiger partial charge in [-0.05, 0) is 55.8 Å². The van der Waals surface area contributed by atoms with E-state index in [0.29, 0.717) is 38.0 Å². The van der Waals surface area contributed by atoms with Crippen LogP contribution in [0.25, 0.3) is 11.8 Å². The first kappa shape index (κ1) is 29.9. The molecule has 0 saturated heterocycles. The van der Waals surface area contributed by atoms with E-state index < -0.39 is 29.4 Å². The number of rotatable bonds is 9. The van der Waals surface area contributed by atoms with Crippen LogP contribution >= 0.6 is 22.9 Å². The molecule has 1 aromatic heterocycles. The van der Waals surface area contributed by atoms with Crippen LogP contribution in [0, 0.1) is 5.82 Å². The van der Waals surface area contributed by atoms with E-state index in [9.17, 15) is 18.8 Å². The summed E-state index contributed by atoms with van der Waals surface area (Å²) in [5.41, 5.74) is 1.67. The van der Waals surface area contributed by atoms with Crippen LogP contribution in [-0.2, 0) is 19.1 Å². The molecule has 5 rings (SSSR count). The zero-order valence-corrected chi connectivity index (χ0v) is 24.8. The molecule has 3 aromatic carbocycles. The highest BCUT2D eigenvalue weighted by Gasteiger charge is 2.35. The van der Waals surface area contributed by atoms with E-state index in [-0.39, 0.29) is 29.9 Å². The number of hydrogen-bond donors (Lipinski definition) is 0. The summed E-state index contributed by atoms with van der Waals surface area (Å²) >= 11 is 7.38. The van der Waals surface area contributed by atoms with Crippen molar-refractivity contribution in [2.75, 3.05) is 19.8 Å². The Balaban J connectivity index is 1.74. The molecule has 43 heavy (non-hydrogen) atoms. The van der Waals surface area contributed by atoms with Crippen molar-refractivity contribution in [2.45, 2.75) is 19.9 Å². The Kier molecular flexibility index (Phi) is 9.18. The van der Waals surface area contributed by atoms with Crippen molar-refractivity contribution >= 4 is 46.6 Å². The Morgan fingerprint density at radius 3 is 2.44 bits per heavy atom. The molecule has 0 amide bonds. The van der Waals surface area contributed by atoms with Gasteiger partial charge in [0, 0.05) is 16.1 Å². The van der Waals surface area contributed by atoms with Crippen molar-refractivity contribution < 1.29 is 28.2 Å². The second kappa shape index (κ2) is 13.2. The highest BCUT2D eigenvalue weighted by molar-refractivity contribution is 7.07. The second-order valence-electron chi connectivity index (χ2n) is 9.26. The summed E-state index contributed by atoms with van der Waals surface area (Å²) in [5.74, 6) is -1.33. The van der Waals surface area contributed by atoms with Crippen LogP contribution in [0.4, 0.5) is 4.39 Å². The number of halogens is 2. The number of carbonyl (C=O) groups is 2. The van der Waals surface area contributed by atoms with Gasteiger partial charge in [-0.25, -0.2) is 19.0 Å². The molecule has 0 aliphatic carbocycles. The highest BCUT2D eigenvalue weighted by Crippen LogP contribution is 2.35. The maximum Gasteiger partial charge on any atom is 0.344 e. The summed E-state index contributed by atoms with van der Waals surface area (Å²) < 4.78 is 31.7. The SMILES string of the molecule is CCOC(=O)COc1ccc(Cl)cc1/C=c1\sc2n(c1=O)[C@@H](c1ccc(F)cc1)C(C(=O)OCC)=C(c1ccccc1)N=2. The van der Waals surface area contributed by atoms with Crippen LogP contribution in [0.2, 0.25) is 5.02 Å². The molecule has 2 heterocycles. The lowest BCUT2D eigenvalue weighted by Crippen LogP contribution is -2.40. The van der Waals surface area contributed by atoms with Gasteiger partial charge in [-0.3, -0.25) is 9.36 Å². The number of fused-ring (bicyclic) bond motifs is 1. The van der Waals surface area contributed by atoms with Gasteiger partial charge in [0.2, 0.25) is 0 Å². The molecule has 0 saturated carbocycles. The van der Waals surface area contributed by atoms with Gasteiger partial charge >= 0.3 is 11.9 Å². The minimum atomic E-state index is -0.952. The Morgan fingerprint density at radius 1 is 1.02 bits per heavy atom. The molecule has 0 N–H and O–H groups in total. The Hall–Kier alpha value is -4.54. The van der Waals surface area contributed by atoms with Crippen molar-refractivity contribution in [3.8, 4) is 5.75 Å². The molecule has 1 aliphatic rings. The average Bonchev–Trinajstić information content (AvgIpc) is 3.31. The zero-order chi connectivity index (χ0) is 30.5. The van der Waals surface area contributed by atoms with Gasteiger partial charge in [0.05, 0.1) is 35.1 Å². The van der Waals surface area contributed by atoms with E-state index in [0.717, 1.165) is 11.3 Å². The fraction of sp³-hybridized carbons (Fsp3) is 0.188. The van der Waals surface area contributed by atoms with E-state index in [1.807, 2.05) is 30.3 Å². The zero-order valence-electron chi connectivity index (χ0n) is 23.2. The van der Waals surface area contributed by atoms with Crippen LogP contribution in [-0.4, -0.2) is 36.3 Å². The first-order valence-corrected chi connectivity index (χ1v) is 14.6. The van der Waals surface area contributed by atoms with Gasteiger partial charge in [-0.15, -0.1) is 0 Å². The lowest BCUT2D eigenvalue weighted by molar-refractivity contribution is -0.145. The lowest BCUT2D eigenvalue weighted by Gasteiger charge is -2.25. The van der Waals surface area contributed by atoms with Crippen LogP contribution in [0.5, 0.6) is 5.75 Å². The fourth-order valence-corrected chi connectivity index (χ4v) is 5.82. The average molecular weight is 621 g/mol. The molecule has 0 unspecified atom stereocenters. The normalized spacial score (nSPS) is 14.6. The largest absolute Gasteiger partial charge is 0.481 e. The molecule has 8 nitrogen and oxygen atoms in total. The summed E-state index contributed by atoms with van der Waals surface area (Å²) in [5, 5.41) is 0.391. The molecule has 0 radical (unpaired) electrons. The number of nitrogens with zero attached hydrogens (tertiary/aromatic N) is 2. The maximum absolute atomic E-state index is 14.1. The van der Waals surface area contributed by atoms with Gasteiger partial charge in [-0.2, -0.15) is 0 Å². The van der Waals surface area contributed by atoms with Gasteiger partial charge < -0.3 is 14.2 Å². The van der Waals surface area contributed by atoms with Gasteiger partial charge in [0.25, 0.3) is 5.56 Å². The quantitative estimate of drug-likeness (QED) is 0.252. The Morgan fingerprint density at radius 2 is 1.74 bits per heavy atom. The van der Waals surface area contributed by atoms with Gasteiger partial charge in [-0.1, -0.05) is 65.4 Å². The highest BCUT2D eigenvalue weighted by atomic mass is 35.5. The number of ether oxygens (including phenoxy) is 3. The van der Waals surface area contributed by atoms with Crippen LogP contribution in [0.3, 0.4) is 0 Å². The van der Waals surface area contributed by atoms with Crippen LogP contribution < -0.4 is 19.6 Å². The number of benzene rings is 3. The third-order valence-corrected chi connectivity index (χ3v) is 7.69. The van der Waals surface area contributed by atoms with Crippen molar-refractivity contribution in [2.24, 2.45) is 4.99 Å². The molecule has 0 bridgehead atoms. The lowest BCUT2D eigenvalue weighted by atomic mass is 9.93. The summed E-state index contributed by atoms with van der Waals surface area (Å²) in [6.45, 7) is 3.38. The summed E-state index contributed by atoms with van der Waals surface area (Å²) in [6.07, 6.45) is 1.59. The number of aromatic nitrogens is 1. The third-order valence-electron chi connectivity index (χ3n) is 6.47. The van der Waals surface area contributed by atoms with Crippen molar-refractivity contribution in [1.29, 1.82) is 0 Å². The maximum atomic E-state index is 14.1. The number of hydrogen-bond acceptors (Lipinski definition) is 8. The summed E-state index contributed by atoms with van der Waals surface area (Å²) in [6, 6.07) is 18.6. The van der Waals surface area contributed by atoms with Crippen molar-refractivity contribution in [3.05, 3.63) is 126 Å². The summed E-state index contributed by atoms with van der Waals surface area (Å²) in [4.78, 5) is 44.6. The van der Waals surface area contributed by atoms with Crippen LogP contribution in [0.1, 0.15) is 36.6 Å². The Labute approximate surface area is 254 Å². The monoisotopic (exact) mass is 620 g/mol. The number of thiazole rings is 1. The predicted molar refractivity (Wildman–Crippen MR) is 161 cm³/mol.